The van der Waals surface area contributed by atoms with E-state index in [0.717, 1.165) is 29.7 Å². The van der Waals surface area contributed by atoms with Crippen LogP contribution in [0.3, 0.4) is 0 Å². The minimum atomic E-state index is -2.60. The fraction of sp³-hybridized carbons (Fsp3) is 0.350. The third-order valence-corrected chi connectivity index (χ3v) is 5.07. The van der Waals surface area contributed by atoms with Crippen LogP contribution in [-0.2, 0) is 6.54 Å². The lowest BCUT2D eigenvalue weighted by atomic mass is 10.0. The van der Waals surface area contributed by atoms with Gasteiger partial charge in [0.1, 0.15) is 11.6 Å². The summed E-state index contributed by atoms with van der Waals surface area (Å²) in [5.74, 6) is 1.24. The highest BCUT2D eigenvalue weighted by Crippen LogP contribution is 2.35. The molecule has 0 bridgehead atoms. The highest BCUT2D eigenvalue weighted by Gasteiger charge is 2.28. The number of para-hydroxylation sites is 2. The number of ether oxygens (including phenoxy) is 1. The summed E-state index contributed by atoms with van der Waals surface area (Å²) in [6.07, 6.45) is 2.06. The average Bonchev–Trinajstić information content (AvgIpc) is 3.26. The first-order chi connectivity index (χ1) is 12.7. The predicted molar refractivity (Wildman–Crippen MR) is 96.4 cm³/mol. The van der Waals surface area contributed by atoms with Crippen LogP contribution in [0.15, 0.2) is 48.5 Å². The molecule has 1 atom stereocenters. The van der Waals surface area contributed by atoms with Gasteiger partial charge in [-0.1, -0.05) is 24.3 Å². The largest absolute Gasteiger partial charge is 0.497 e. The molecule has 4 nitrogen and oxygen atoms in total. The summed E-state index contributed by atoms with van der Waals surface area (Å²) in [7, 11) is 1.64. The molecule has 6 heteroatoms. The Morgan fingerprint density at radius 3 is 2.65 bits per heavy atom. The van der Waals surface area contributed by atoms with Crippen LogP contribution in [-0.4, -0.2) is 28.1 Å². The number of hydrogen-bond donors (Lipinski definition) is 0. The summed E-state index contributed by atoms with van der Waals surface area (Å²) >= 11 is 0. The number of aromatic nitrogens is 2. The van der Waals surface area contributed by atoms with Gasteiger partial charge in [-0.3, -0.25) is 9.47 Å². The van der Waals surface area contributed by atoms with E-state index in [1.807, 2.05) is 18.2 Å². The van der Waals surface area contributed by atoms with Gasteiger partial charge in [0.15, 0.2) is 0 Å². The predicted octanol–water partition coefficient (Wildman–Crippen LogP) is 4.78. The number of hydrogen-bond acceptors (Lipinski definition) is 3. The maximum absolute atomic E-state index is 13.7. The molecule has 1 aliphatic rings. The summed E-state index contributed by atoms with van der Waals surface area (Å²) in [6, 6.07) is 15.3. The van der Waals surface area contributed by atoms with Crippen molar-refractivity contribution in [1.82, 2.24) is 14.5 Å². The van der Waals surface area contributed by atoms with Crippen LogP contribution >= 0.6 is 0 Å². The molecule has 1 aliphatic heterocycles. The van der Waals surface area contributed by atoms with Crippen LogP contribution in [0.25, 0.3) is 11.0 Å². The van der Waals surface area contributed by atoms with E-state index in [0.29, 0.717) is 23.4 Å². The van der Waals surface area contributed by atoms with E-state index in [-0.39, 0.29) is 6.04 Å². The Morgan fingerprint density at radius 1 is 1.15 bits per heavy atom. The molecule has 2 heterocycles. The van der Waals surface area contributed by atoms with Crippen LogP contribution in [0.1, 0.15) is 36.8 Å². The van der Waals surface area contributed by atoms with E-state index in [1.165, 1.54) is 5.56 Å². The van der Waals surface area contributed by atoms with Gasteiger partial charge >= 0.3 is 6.55 Å². The van der Waals surface area contributed by atoms with E-state index < -0.39 is 6.55 Å². The molecule has 1 aromatic heterocycles. The molecule has 4 rings (SSSR count). The molecule has 136 valence electrons. The van der Waals surface area contributed by atoms with Crippen molar-refractivity contribution < 1.29 is 13.5 Å². The van der Waals surface area contributed by atoms with Crippen molar-refractivity contribution in [2.45, 2.75) is 32.0 Å². The Balaban J connectivity index is 1.63. The third-order valence-electron chi connectivity index (χ3n) is 5.07. The number of likely N-dealkylation sites (tertiary alicyclic amines) is 1. The normalized spacial score (nSPS) is 18.1. The lowest BCUT2D eigenvalue weighted by molar-refractivity contribution is 0.0678. The highest BCUT2D eigenvalue weighted by molar-refractivity contribution is 5.75. The summed E-state index contributed by atoms with van der Waals surface area (Å²) < 4.78 is 33.6. The number of rotatable bonds is 5. The Hall–Kier alpha value is -2.47. The number of imidazole rings is 1. The molecule has 0 aliphatic carbocycles. The van der Waals surface area contributed by atoms with Crippen LogP contribution in [0, 0.1) is 0 Å². The number of benzene rings is 2. The van der Waals surface area contributed by atoms with Gasteiger partial charge in [-0.15, -0.1) is 0 Å². The zero-order chi connectivity index (χ0) is 18.1. The zero-order valence-electron chi connectivity index (χ0n) is 14.6. The van der Waals surface area contributed by atoms with Crippen molar-refractivity contribution >= 4 is 11.0 Å². The fourth-order valence-electron chi connectivity index (χ4n) is 3.82. The first-order valence-electron chi connectivity index (χ1n) is 8.79. The Bertz CT molecular complexity index is 892. The maximum Gasteiger partial charge on any atom is 0.320 e. The molecule has 0 saturated carbocycles. The smallest absolute Gasteiger partial charge is 0.320 e. The average molecular weight is 357 g/mol. The van der Waals surface area contributed by atoms with Gasteiger partial charge in [-0.25, -0.2) is 4.98 Å². The van der Waals surface area contributed by atoms with E-state index in [2.05, 4.69) is 22.0 Å². The summed E-state index contributed by atoms with van der Waals surface area (Å²) in [5, 5.41) is 0. The molecule has 0 radical (unpaired) electrons. The van der Waals surface area contributed by atoms with Crippen molar-refractivity contribution in [3.05, 3.63) is 59.9 Å². The van der Waals surface area contributed by atoms with E-state index in [9.17, 15) is 8.78 Å². The van der Waals surface area contributed by atoms with Crippen LogP contribution < -0.4 is 4.74 Å². The number of alkyl halides is 2. The highest BCUT2D eigenvalue weighted by atomic mass is 19.3. The first-order valence-corrected chi connectivity index (χ1v) is 8.79. The van der Waals surface area contributed by atoms with Gasteiger partial charge in [0.25, 0.3) is 0 Å². The van der Waals surface area contributed by atoms with Crippen molar-refractivity contribution in [2.75, 3.05) is 13.7 Å². The Labute approximate surface area is 151 Å². The van der Waals surface area contributed by atoms with E-state index in [1.54, 1.807) is 25.3 Å². The van der Waals surface area contributed by atoms with Crippen molar-refractivity contribution in [3.8, 4) is 5.75 Å². The number of methoxy groups -OCH3 is 1. The minimum absolute atomic E-state index is 0.215. The molecule has 3 aromatic rings. The third kappa shape index (κ3) is 3.05. The topological polar surface area (TPSA) is 30.3 Å². The summed E-state index contributed by atoms with van der Waals surface area (Å²) in [6.45, 7) is -1.31. The number of fused-ring (bicyclic) bond motifs is 1. The molecular formula is C20H21F2N3O. The van der Waals surface area contributed by atoms with Gasteiger partial charge in [0.05, 0.1) is 24.7 Å². The lowest BCUT2D eigenvalue weighted by Crippen LogP contribution is -2.25. The lowest BCUT2D eigenvalue weighted by Gasteiger charge is -2.25. The van der Waals surface area contributed by atoms with Gasteiger partial charge < -0.3 is 4.74 Å². The number of halogens is 2. The van der Waals surface area contributed by atoms with E-state index >= 15 is 0 Å². The first kappa shape index (κ1) is 17.0. The fourth-order valence-corrected chi connectivity index (χ4v) is 3.82. The second kappa shape index (κ2) is 7.03. The van der Waals surface area contributed by atoms with Crippen LogP contribution in [0.5, 0.6) is 5.75 Å². The second-order valence-corrected chi connectivity index (χ2v) is 6.57. The molecule has 0 N–H and O–H groups in total. The molecule has 26 heavy (non-hydrogen) atoms. The zero-order valence-corrected chi connectivity index (χ0v) is 14.6. The van der Waals surface area contributed by atoms with Crippen molar-refractivity contribution in [1.29, 1.82) is 0 Å². The molecule has 1 saturated heterocycles. The molecule has 2 aromatic carbocycles. The summed E-state index contributed by atoms with van der Waals surface area (Å²) in [4.78, 5) is 6.71. The monoisotopic (exact) mass is 357 g/mol. The van der Waals surface area contributed by atoms with Gasteiger partial charge in [0, 0.05) is 6.04 Å². The Kier molecular flexibility index (Phi) is 4.59. The maximum atomic E-state index is 13.7. The van der Waals surface area contributed by atoms with Crippen LogP contribution in [0.2, 0.25) is 0 Å². The Morgan fingerprint density at radius 2 is 1.92 bits per heavy atom. The quantitative estimate of drug-likeness (QED) is 0.658. The standard InChI is InChI=1S/C20H21F2N3O/c1-26-15-10-8-14(9-11-15)17-7-4-12-24(17)13-19-23-16-5-2-3-6-18(16)25(19)20(21)22/h2-3,5-6,8-11,17,20H,4,7,12-13H2,1H3/t17-/m1/s1. The summed E-state index contributed by atoms with van der Waals surface area (Å²) in [5.41, 5.74) is 2.28. The van der Waals surface area contributed by atoms with Gasteiger partial charge in [-0.05, 0) is 49.2 Å². The second-order valence-electron chi connectivity index (χ2n) is 6.57. The molecule has 0 spiro atoms. The number of nitrogens with zero attached hydrogens (tertiary/aromatic N) is 3. The molecular weight excluding hydrogens is 336 g/mol. The van der Waals surface area contributed by atoms with Gasteiger partial charge in [-0.2, -0.15) is 8.78 Å². The SMILES string of the molecule is COc1ccc([C@H]2CCCN2Cc2nc3ccccc3n2C(F)F)cc1. The van der Waals surface area contributed by atoms with Gasteiger partial charge in [0.2, 0.25) is 0 Å². The minimum Gasteiger partial charge on any atom is -0.497 e. The van der Waals surface area contributed by atoms with E-state index in [4.69, 9.17) is 4.74 Å². The molecule has 1 fully saturated rings. The van der Waals surface area contributed by atoms with Crippen molar-refractivity contribution in [3.63, 3.8) is 0 Å². The molecule has 0 unspecified atom stereocenters. The molecule has 0 amide bonds. The van der Waals surface area contributed by atoms with Crippen molar-refractivity contribution in [2.24, 2.45) is 0 Å². The van der Waals surface area contributed by atoms with Crippen LogP contribution in [0.4, 0.5) is 8.78 Å².